The summed E-state index contributed by atoms with van der Waals surface area (Å²) >= 11 is 5.69. The summed E-state index contributed by atoms with van der Waals surface area (Å²) in [6.07, 6.45) is 1.67. The fourth-order valence-corrected chi connectivity index (χ4v) is 1.78. The molecule has 0 radical (unpaired) electrons. The highest BCUT2D eigenvalue weighted by atomic mass is 35.5. The Labute approximate surface area is 122 Å². The summed E-state index contributed by atoms with van der Waals surface area (Å²) in [6.45, 7) is 5.44. The van der Waals surface area contributed by atoms with Gasteiger partial charge in [0, 0.05) is 24.0 Å². The van der Waals surface area contributed by atoms with E-state index < -0.39 is 5.82 Å². The van der Waals surface area contributed by atoms with Crippen LogP contribution in [0, 0.1) is 12.7 Å². The maximum absolute atomic E-state index is 13.7. The SMILES string of the molecule is CCNCc1cnc(Oc2cccc(Cl)c2F)nc1C. The predicted molar refractivity (Wildman–Crippen MR) is 75.6 cm³/mol. The molecule has 0 saturated carbocycles. The van der Waals surface area contributed by atoms with Crippen LogP contribution < -0.4 is 10.1 Å². The van der Waals surface area contributed by atoms with Crippen LogP contribution >= 0.6 is 11.6 Å². The first kappa shape index (κ1) is 14.7. The molecule has 20 heavy (non-hydrogen) atoms. The highest BCUT2D eigenvalue weighted by Gasteiger charge is 2.11. The summed E-state index contributed by atoms with van der Waals surface area (Å²) in [4.78, 5) is 8.28. The molecule has 0 bridgehead atoms. The van der Waals surface area contributed by atoms with Crippen molar-refractivity contribution < 1.29 is 9.13 Å². The normalized spacial score (nSPS) is 10.6. The molecule has 1 heterocycles. The number of benzene rings is 1. The molecular weight excluding hydrogens is 281 g/mol. The number of aryl methyl sites for hydroxylation is 1. The monoisotopic (exact) mass is 295 g/mol. The molecule has 0 saturated heterocycles. The number of rotatable bonds is 5. The van der Waals surface area contributed by atoms with Gasteiger partial charge in [-0.2, -0.15) is 4.98 Å². The van der Waals surface area contributed by atoms with Crippen molar-refractivity contribution in [1.29, 1.82) is 0 Å². The van der Waals surface area contributed by atoms with Crippen LogP contribution in [0.2, 0.25) is 5.02 Å². The molecule has 1 aromatic carbocycles. The van der Waals surface area contributed by atoms with Crippen LogP contribution in [-0.4, -0.2) is 16.5 Å². The van der Waals surface area contributed by atoms with E-state index in [0.717, 1.165) is 17.8 Å². The lowest BCUT2D eigenvalue weighted by molar-refractivity contribution is 0.409. The molecule has 106 valence electrons. The predicted octanol–water partition coefficient (Wildman–Crippen LogP) is 3.48. The lowest BCUT2D eigenvalue weighted by Gasteiger charge is -2.09. The van der Waals surface area contributed by atoms with Crippen LogP contribution in [0.15, 0.2) is 24.4 Å². The van der Waals surface area contributed by atoms with Gasteiger partial charge in [0.25, 0.3) is 0 Å². The lowest BCUT2D eigenvalue weighted by atomic mass is 10.2. The van der Waals surface area contributed by atoms with E-state index in [2.05, 4.69) is 15.3 Å². The minimum atomic E-state index is -0.618. The summed E-state index contributed by atoms with van der Waals surface area (Å²) in [5.41, 5.74) is 1.77. The molecule has 0 aliphatic heterocycles. The second-order valence-electron chi connectivity index (χ2n) is 4.20. The Morgan fingerprint density at radius 3 is 2.90 bits per heavy atom. The van der Waals surface area contributed by atoms with Crippen molar-refractivity contribution >= 4 is 11.6 Å². The standard InChI is InChI=1S/C14H15ClFN3O/c1-3-17-7-10-8-18-14(19-9(10)2)20-12-6-4-5-11(15)13(12)16/h4-6,8,17H,3,7H2,1-2H3. The highest BCUT2D eigenvalue weighted by molar-refractivity contribution is 6.30. The molecule has 0 amide bonds. The zero-order chi connectivity index (χ0) is 14.5. The fraction of sp³-hybridized carbons (Fsp3) is 0.286. The summed E-state index contributed by atoms with van der Waals surface area (Å²) in [7, 11) is 0. The molecule has 6 heteroatoms. The largest absolute Gasteiger partial charge is 0.421 e. The smallest absolute Gasteiger partial charge is 0.322 e. The van der Waals surface area contributed by atoms with Gasteiger partial charge >= 0.3 is 6.01 Å². The Kier molecular flexibility index (Phi) is 4.87. The first-order chi connectivity index (χ1) is 9.61. The van der Waals surface area contributed by atoms with Gasteiger partial charge in [-0.1, -0.05) is 24.6 Å². The van der Waals surface area contributed by atoms with Gasteiger partial charge in [-0.05, 0) is 25.6 Å². The Morgan fingerprint density at radius 1 is 1.40 bits per heavy atom. The van der Waals surface area contributed by atoms with Crippen LogP contribution in [-0.2, 0) is 6.54 Å². The van der Waals surface area contributed by atoms with E-state index in [1.165, 1.54) is 12.1 Å². The highest BCUT2D eigenvalue weighted by Crippen LogP contribution is 2.27. The first-order valence-corrected chi connectivity index (χ1v) is 6.64. The van der Waals surface area contributed by atoms with E-state index in [0.29, 0.717) is 6.54 Å². The van der Waals surface area contributed by atoms with E-state index in [1.54, 1.807) is 12.3 Å². The van der Waals surface area contributed by atoms with E-state index in [-0.39, 0.29) is 16.8 Å². The van der Waals surface area contributed by atoms with Gasteiger partial charge in [0.15, 0.2) is 11.6 Å². The third-order valence-corrected chi connectivity index (χ3v) is 3.03. The average Bonchev–Trinajstić information content (AvgIpc) is 2.43. The van der Waals surface area contributed by atoms with E-state index >= 15 is 0 Å². The van der Waals surface area contributed by atoms with Gasteiger partial charge in [-0.3, -0.25) is 0 Å². The van der Waals surface area contributed by atoms with Crippen molar-refractivity contribution in [2.75, 3.05) is 6.54 Å². The Morgan fingerprint density at radius 2 is 2.20 bits per heavy atom. The molecular formula is C14H15ClFN3O. The third kappa shape index (κ3) is 3.43. The fourth-order valence-electron chi connectivity index (χ4n) is 1.61. The minimum Gasteiger partial charge on any atom is -0.421 e. The number of nitrogens with one attached hydrogen (secondary N) is 1. The molecule has 0 fully saturated rings. The first-order valence-electron chi connectivity index (χ1n) is 6.27. The van der Waals surface area contributed by atoms with Crippen LogP contribution in [0.5, 0.6) is 11.8 Å². The van der Waals surface area contributed by atoms with E-state index in [1.807, 2.05) is 13.8 Å². The zero-order valence-electron chi connectivity index (χ0n) is 11.3. The quantitative estimate of drug-likeness (QED) is 0.917. The molecule has 0 atom stereocenters. The minimum absolute atomic E-state index is 0.00277. The summed E-state index contributed by atoms with van der Waals surface area (Å²) in [5.74, 6) is -0.608. The van der Waals surface area contributed by atoms with Crippen LogP contribution in [0.1, 0.15) is 18.2 Å². The van der Waals surface area contributed by atoms with E-state index in [4.69, 9.17) is 16.3 Å². The number of halogens is 2. The second kappa shape index (κ2) is 6.63. The van der Waals surface area contributed by atoms with Crippen molar-refractivity contribution in [2.45, 2.75) is 20.4 Å². The van der Waals surface area contributed by atoms with E-state index in [9.17, 15) is 4.39 Å². The molecule has 1 aromatic heterocycles. The topological polar surface area (TPSA) is 47.0 Å². The average molecular weight is 296 g/mol. The second-order valence-corrected chi connectivity index (χ2v) is 4.60. The summed E-state index contributed by atoms with van der Waals surface area (Å²) in [5, 5.41) is 3.20. The van der Waals surface area contributed by atoms with Gasteiger partial charge in [0.2, 0.25) is 0 Å². The Balaban J connectivity index is 2.18. The number of ether oxygens (including phenoxy) is 1. The molecule has 2 rings (SSSR count). The van der Waals surface area contributed by atoms with Crippen molar-refractivity contribution in [3.63, 3.8) is 0 Å². The Hall–Kier alpha value is -1.72. The van der Waals surface area contributed by atoms with Crippen molar-refractivity contribution in [2.24, 2.45) is 0 Å². The van der Waals surface area contributed by atoms with Crippen molar-refractivity contribution in [3.05, 3.63) is 46.5 Å². The van der Waals surface area contributed by atoms with Gasteiger partial charge in [-0.15, -0.1) is 0 Å². The van der Waals surface area contributed by atoms with Crippen LogP contribution in [0.3, 0.4) is 0 Å². The maximum Gasteiger partial charge on any atom is 0.322 e. The third-order valence-electron chi connectivity index (χ3n) is 2.74. The number of nitrogens with zero attached hydrogens (tertiary/aromatic N) is 2. The number of hydrogen-bond acceptors (Lipinski definition) is 4. The molecule has 0 aliphatic rings. The zero-order valence-corrected chi connectivity index (χ0v) is 12.0. The molecule has 0 spiro atoms. The van der Waals surface area contributed by atoms with Gasteiger partial charge in [0.05, 0.1) is 5.02 Å². The molecule has 1 N–H and O–H groups in total. The number of hydrogen-bond donors (Lipinski definition) is 1. The van der Waals surface area contributed by atoms with Crippen molar-refractivity contribution in [3.8, 4) is 11.8 Å². The van der Waals surface area contributed by atoms with Crippen LogP contribution in [0.4, 0.5) is 4.39 Å². The van der Waals surface area contributed by atoms with Gasteiger partial charge in [0.1, 0.15) is 0 Å². The Bertz CT molecular complexity index is 607. The van der Waals surface area contributed by atoms with Gasteiger partial charge in [-0.25, -0.2) is 9.37 Å². The van der Waals surface area contributed by atoms with Crippen LogP contribution in [0.25, 0.3) is 0 Å². The molecule has 0 unspecified atom stereocenters. The maximum atomic E-state index is 13.7. The summed E-state index contributed by atoms with van der Waals surface area (Å²) in [6, 6.07) is 4.64. The molecule has 0 aliphatic carbocycles. The van der Waals surface area contributed by atoms with Gasteiger partial charge < -0.3 is 10.1 Å². The molecule has 2 aromatic rings. The number of aromatic nitrogens is 2. The summed E-state index contributed by atoms with van der Waals surface area (Å²) < 4.78 is 19.0. The molecule has 4 nitrogen and oxygen atoms in total. The lowest BCUT2D eigenvalue weighted by Crippen LogP contribution is -2.13. The van der Waals surface area contributed by atoms with Crippen molar-refractivity contribution in [1.82, 2.24) is 15.3 Å².